The normalized spacial score (nSPS) is 10.5. The summed E-state index contributed by atoms with van der Waals surface area (Å²) >= 11 is 0. The smallest absolute Gasteiger partial charge is 0.270 e. The first kappa shape index (κ1) is 14.9. The van der Waals surface area contributed by atoms with E-state index >= 15 is 0 Å². The maximum Gasteiger partial charge on any atom is 0.270 e. The van der Waals surface area contributed by atoms with E-state index in [1.165, 1.54) is 23.1 Å². The number of nitro benzene ring substituents is 1. The van der Waals surface area contributed by atoms with Crippen LogP contribution in [0.4, 0.5) is 11.4 Å². The summed E-state index contributed by atoms with van der Waals surface area (Å²) in [5, 5.41) is 10.7. The van der Waals surface area contributed by atoms with Crippen LogP contribution in [-0.2, 0) is 0 Å². The number of benzene rings is 1. The zero-order chi connectivity index (χ0) is 14.6. The molecule has 0 fully saturated rings. The number of amides is 1. The van der Waals surface area contributed by atoms with Crippen molar-refractivity contribution in [2.75, 3.05) is 19.3 Å². The molecule has 2 N–H and O–H groups in total. The Morgan fingerprint density at radius 1 is 1.47 bits per heavy atom. The van der Waals surface area contributed by atoms with E-state index in [2.05, 4.69) is 13.8 Å². The van der Waals surface area contributed by atoms with Crippen molar-refractivity contribution in [3.63, 3.8) is 0 Å². The van der Waals surface area contributed by atoms with Crippen molar-refractivity contribution in [1.29, 1.82) is 0 Å². The Morgan fingerprint density at radius 3 is 2.63 bits per heavy atom. The molecule has 0 saturated heterocycles. The van der Waals surface area contributed by atoms with E-state index in [1.54, 1.807) is 7.05 Å². The van der Waals surface area contributed by atoms with E-state index in [-0.39, 0.29) is 22.8 Å². The molecule has 1 aromatic carbocycles. The molecular formula is C13H19N3O3. The molecule has 0 aliphatic carbocycles. The molecule has 0 aromatic heterocycles. The molecule has 1 aromatic rings. The molecule has 1 rings (SSSR count). The van der Waals surface area contributed by atoms with Crippen LogP contribution in [0.25, 0.3) is 0 Å². The minimum absolute atomic E-state index is 0.130. The number of hydrogen-bond acceptors (Lipinski definition) is 4. The van der Waals surface area contributed by atoms with Crippen molar-refractivity contribution >= 4 is 17.3 Å². The number of anilines is 1. The molecule has 0 saturated carbocycles. The van der Waals surface area contributed by atoms with Crippen LogP contribution in [0.5, 0.6) is 0 Å². The van der Waals surface area contributed by atoms with Crippen LogP contribution in [0.1, 0.15) is 30.6 Å². The van der Waals surface area contributed by atoms with Crippen LogP contribution < -0.4 is 5.73 Å². The Hall–Kier alpha value is -2.11. The van der Waals surface area contributed by atoms with E-state index in [9.17, 15) is 14.9 Å². The van der Waals surface area contributed by atoms with Gasteiger partial charge in [0.15, 0.2) is 0 Å². The molecule has 1 amide bonds. The van der Waals surface area contributed by atoms with E-state index in [0.29, 0.717) is 12.5 Å². The summed E-state index contributed by atoms with van der Waals surface area (Å²) in [5.74, 6) is 0.194. The maximum absolute atomic E-state index is 12.2. The average Bonchev–Trinajstić information content (AvgIpc) is 2.35. The van der Waals surface area contributed by atoms with Crippen molar-refractivity contribution in [2.24, 2.45) is 5.92 Å². The lowest BCUT2D eigenvalue weighted by Gasteiger charge is -2.19. The third-order valence-electron chi connectivity index (χ3n) is 2.87. The molecule has 0 aliphatic heterocycles. The van der Waals surface area contributed by atoms with E-state index < -0.39 is 4.92 Å². The number of carbonyl (C=O) groups is 1. The summed E-state index contributed by atoms with van der Waals surface area (Å²) in [5.41, 5.74) is 6.02. The second-order valence-corrected chi connectivity index (χ2v) is 4.94. The number of nitrogens with two attached hydrogens (primary N) is 1. The quantitative estimate of drug-likeness (QED) is 0.502. The predicted octanol–water partition coefficient (Wildman–Crippen LogP) is 2.30. The lowest BCUT2D eigenvalue weighted by Crippen LogP contribution is -2.29. The highest BCUT2D eigenvalue weighted by Gasteiger charge is 2.18. The van der Waals surface area contributed by atoms with Gasteiger partial charge in [-0.3, -0.25) is 14.9 Å². The van der Waals surface area contributed by atoms with Crippen molar-refractivity contribution in [3.05, 3.63) is 33.9 Å². The Balaban J connectivity index is 2.92. The van der Waals surface area contributed by atoms with Gasteiger partial charge in [0.1, 0.15) is 0 Å². The van der Waals surface area contributed by atoms with Gasteiger partial charge in [0, 0.05) is 31.4 Å². The van der Waals surface area contributed by atoms with Crippen LogP contribution in [0.3, 0.4) is 0 Å². The Labute approximate surface area is 112 Å². The minimum atomic E-state index is -0.537. The molecule has 104 valence electrons. The van der Waals surface area contributed by atoms with Crippen LogP contribution in [0.15, 0.2) is 18.2 Å². The molecule has 0 spiro atoms. The highest BCUT2D eigenvalue weighted by molar-refractivity contribution is 5.99. The molecule has 0 heterocycles. The molecule has 6 nitrogen and oxygen atoms in total. The average molecular weight is 265 g/mol. The largest absolute Gasteiger partial charge is 0.398 e. The van der Waals surface area contributed by atoms with Gasteiger partial charge in [-0.1, -0.05) is 13.8 Å². The highest BCUT2D eigenvalue weighted by Crippen LogP contribution is 2.21. The number of rotatable bonds is 5. The molecule has 0 unspecified atom stereocenters. The van der Waals surface area contributed by atoms with Gasteiger partial charge in [-0.05, 0) is 18.4 Å². The summed E-state index contributed by atoms with van der Waals surface area (Å²) in [6.07, 6.45) is 0.872. The zero-order valence-electron chi connectivity index (χ0n) is 11.4. The summed E-state index contributed by atoms with van der Waals surface area (Å²) in [7, 11) is 1.67. The summed E-state index contributed by atoms with van der Waals surface area (Å²) in [6.45, 7) is 4.73. The lowest BCUT2D eigenvalue weighted by molar-refractivity contribution is -0.384. The molecule has 6 heteroatoms. The van der Waals surface area contributed by atoms with Gasteiger partial charge in [0.05, 0.1) is 10.5 Å². The first-order chi connectivity index (χ1) is 8.82. The zero-order valence-corrected chi connectivity index (χ0v) is 11.4. The van der Waals surface area contributed by atoms with Crippen molar-refractivity contribution in [2.45, 2.75) is 20.3 Å². The van der Waals surface area contributed by atoms with Gasteiger partial charge in [-0.25, -0.2) is 0 Å². The first-order valence-electron chi connectivity index (χ1n) is 6.12. The molecular weight excluding hydrogens is 246 g/mol. The van der Waals surface area contributed by atoms with Crippen LogP contribution >= 0.6 is 0 Å². The highest BCUT2D eigenvalue weighted by atomic mass is 16.6. The Bertz CT molecular complexity index is 486. The SMILES string of the molecule is CC(C)CCN(C)C(=O)c1cc([N+](=O)[O-])ccc1N. The molecule has 0 aliphatic rings. The minimum Gasteiger partial charge on any atom is -0.398 e. The summed E-state index contributed by atoms with van der Waals surface area (Å²) in [4.78, 5) is 23.9. The first-order valence-corrected chi connectivity index (χ1v) is 6.12. The fourth-order valence-electron chi connectivity index (χ4n) is 1.60. The summed E-state index contributed by atoms with van der Waals surface area (Å²) < 4.78 is 0. The standard InChI is InChI=1S/C13H19N3O3/c1-9(2)6-7-15(3)13(17)11-8-10(16(18)19)4-5-12(11)14/h4-5,8-9H,6-7,14H2,1-3H3. The second kappa shape index (κ2) is 6.17. The number of nitrogens with zero attached hydrogens (tertiary/aromatic N) is 2. The van der Waals surface area contributed by atoms with Crippen molar-refractivity contribution in [3.8, 4) is 0 Å². The fourth-order valence-corrected chi connectivity index (χ4v) is 1.60. The lowest BCUT2D eigenvalue weighted by atomic mass is 10.1. The molecule has 19 heavy (non-hydrogen) atoms. The Kier molecular flexibility index (Phi) is 4.86. The number of carbonyl (C=O) groups excluding carboxylic acids is 1. The maximum atomic E-state index is 12.2. The number of nitro groups is 1. The van der Waals surface area contributed by atoms with Crippen LogP contribution in [0.2, 0.25) is 0 Å². The molecule has 0 atom stereocenters. The second-order valence-electron chi connectivity index (χ2n) is 4.94. The number of hydrogen-bond donors (Lipinski definition) is 1. The van der Waals surface area contributed by atoms with Gasteiger partial charge >= 0.3 is 0 Å². The van der Waals surface area contributed by atoms with Gasteiger partial charge in [0.25, 0.3) is 11.6 Å². The number of nitrogen functional groups attached to an aromatic ring is 1. The fraction of sp³-hybridized carbons (Fsp3) is 0.462. The van der Waals surface area contributed by atoms with E-state index in [0.717, 1.165) is 6.42 Å². The van der Waals surface area contributed by atoms with Gasteiger partial charge in [-0.15, -0.1) is 0 Å². The third kappa shape index (κ3) is 3.94. The third-order valence-corrected chi connectivity index (χ3v) is 2.87. The molecule has 0 radical (unpaired) electrons. The van der Waals surface area contributed by atoms with Crippen molar-refractivity contribution in [1.82, 2.24) is 4.90 Å². The number of non-ortho nitro benzene ring substituents is 1. The monoisotopic (exact) mass is 265 g/mol. The van der Waals surface area contributed by atoms with E-state index in [1.807, 2.05) is 0 Å². The predicted molar refractivity (Wildman–Crippen MR) is 73.9 cm³/mol. The van der Waals surface area contributed by atoms with Gasteiger partial charge in [-0.2, -0.15) is 0 Å². The van der Waals surface area contributed by atoms with Crippen LogP contribution in [0, 0.1) is 16.0 Å². The van der Waals surface area contributed by atoms with Gasteiger partial charge in [0.2, 0.25) is 0 Å². The van der Waals surface area contributed by atoms with Crippen LogP contribution in [-0.4, -0.2) is 29.3 Å². The topological polar surface area (TPSA) is 89.5 Å². The summed E-state index contributed by atoms with van der Waals surface area (Å²) in [6, 6.07) is 3.91. The van der Waals surface area contributed by atoms with Gasteiger partial charge < -0.3 is 10.6 Å². The molecule has 0 bridgehead atoms. The Morgan fingerprint density at radius 2 is 2.11 bits per heavy atom. The van der Waals surface area contributed by atoms with Crippen molar-refractivity contribution < 1.29 is 9.72 Å². The van der Waals surface area contributed by atoms with E-state index in [4.69, 9.17) is 5.73 Å².